The first-order valence-electron chi connectivity index (χ1n) is 7.77. The van der Waals surface area contributed by atoms with Gasteiger partial charge < -0.3 is 14.1 Å². The lowest BCUT2D eigenvalue weighted by Crippen LogP contribution is -2.40. The first-order valence-corrected chi connectivity index (χ1v) is 7.77. The molecule has 8 nitrogen and oxygen atoms in total. The van der Waals surface area contributed by atoms with Crippen LogP contribution in [0.3, 0.4) is 0 Å². The number of ether oxygens (including phenoxy) is 1. The van der Waals surface area contributed by atoms with Crippen molar-refractivity contribution in [2.45, 2.75) is 40.0 Å². The minimum atomic E-state index is -0.401. The molecule has 0 aromatic carbocycles. The molecule has 0 spiro atoms. The number of nitrogens with zero attached hydrogens (tertiary/aromatic N) is 4. The summed E-state index contributed by atoms with van der Waals surface area (Å²) in [6.07, 6.45) is 0.609. The average molecular weight is 332 g/mol. The molecule has 8 heteroatoms. The molecular formula is C16H20N4O4. The van der Waals surface area contributed by atoms with E-state index in [2.05, 4.69) is 9.97 Å². The second-order valence-corrected chi connectivity index (χ2v) is 5.88. The summed E-state index contributed by atoms with van der Waals surface area (Å²) < 4.78 is 12.0. The zero-order valence-corrected chi connectivity index (χ0v) is 14.0. The van der Waals surface area contributed by atoms with Crippen molar-refractivity contribution in [1.29, 1.82) is 0 Å². The number of aromatic nitrogens is 3. The summed E-state index contributed by atoms with van der Waals surface area (Å²) in [5.74, 6) is 1.19. The lowest BCUT2D eigenvalue weighted by Gasteiger charge is -2.25. The van der Waals surface area contributed by atoms with E-state index >= 15 is 0 Å². The molecule has 0 unspecified atom stereocenters. The second-order valence-electron chi connectivity index (χ2n) is 5.88. The molecule has 0 N–H and O–H groups in total. The Kier molecular flexibility index (Phi) is 4.48. The van der Waals surface area contributed by atoms with Crippen LogP contribution >= 0.6 is 0 Å². The monoisotopic (exact) mass is 332 g/mol. The Morgan fingerprint density at radius 2 is 2.17 bits per heavy atom. The number of methoxy groups -OCH3 is 1. The molecule has 0 aliphatic carbocycles. The summed E-state index contributed by atoms with van der Waals surface area (Å²) in [6.45, 7) is 4.77. The molecule has 3 rings (SSSR count). The van der Waals surface area contributed by atoms with Gasteiger partial charge in [0.1, 0.15) is 24.6 Å². The van der Waals surface area contributed by atoms with E-state index in [-0.39, 0.29) is 12.5 Å². The summed E-state index contributed by atoms with van der Waals surface area (Å²) in [5, 5.41) is 0. The fourth-order valence-electron chi connectivity index (χ4n) is 2.85. The summed E-state index contributed by atoms with van der Waals surface area (Å²) in [5.41, 5.74) is 1.73. The Labute approximate surface area is 139 Å². The van der Waals surface area contributed by atoms with Gasteiger partial charge in [0, 0.05) is 31.5 Å². The lowest BCUT2D eigenvalue weighted by atomic mass is 10.1. The van der Waals surface area contributed by atoms with Crippen LogP contribution in [0.25, 0.3) is 0 Å². The molecule has 128 valence electrons. The number of hydrogen-bond donors (Lipinski definition) is 0. The van der Waals surface area contributed by atoms with Crippen molar-refractivity contribution in [3.05, 3.63) is 45.3 Å². The number of fused-ring (bicyclic) bond motifs is 1. The smallest absolute Gasteiger partial charge is 0.348 e. The molecule has 0 bridgehead atoms. The van der Waals surface area contributed by atoms with E-state index < -0.39 is 5.69 Å². The van der Waals surface area contributed by atoms with Gasteiger partial charge in [0.25, 0.3) is 0 Å². The Bertz CT molecular complexity index is 824. The van der Waals surface area contributed by atoms with E-state index in [1.807, 2.05) is 0 Å². The molecule has 1 aliphatic rings. The van der Waals surface area contributed by atoms with Crippen LogP contribution in [0.4, 0.5) is 0 Å². The third-order valence-corrected chi connectivity index (χ3v) is 4.03. The molecular weight excluding hydrogens is 312 g/mol. The minimum Gasteiger partial charge on any atom is -0.443 e. The third kappa shape index (κ3) is 3.23. The number of amides is 1. The third-order valence-electron chi connectivity index (χ3n) is 4.03. The van der Waals surface area contributed by atoms with Gasteiger partial charge in [-0.3, -0.25) is 9.36 Å². The molecule has 0 fully saturated rings. The van der Waals surface area contributed by atoms with Gasteiger partial charge in [0.15, 0.2) is 0 Å². The van der Waals surface area contributed by atoms with Crippen LogP contribution in [0.2, 0.25) is 0 Å². The van der Waals surface area contributed by atoms with Gasteiger partial charge in [-0.05, 0) is 19.9 Å². The number of hydrogen-bond acceptors (Lipinski definition) is 6. The van der Waals surface area contributed by atoms with Crippen molar-refractivity contribution < 1.29 is 13.9 Å². The van der Waals surface area contributed by atoms with Gasteiger partial charge in [0.05, 0.1) is 6.54 Å². The predicted octanol–water partition coefficient (Wildman–Crippen LogP) is 0.579. The van der Waals surface area contributed by atoms with Crippen LogP contribution in [-0.4, -0.2) is 39.0 Å². The SMILES string of the molecule is COCc1nc2c(o1)CCN(C(=O)Cn1c(C)cc(C)nc1=O)C2. The molecule has 2 aromatic heterocycles. The Balaban J connectivity index is 1.74. The van der Waals surface area contributed by atoms with Crippen molar-refractivity contribution >= 4 is 5.91 Å². The molecule has 1 aliphatic heterocycles. The highest BCUT2D eigenvalue weighted by Crippen LogP contribution is 2.20. The van der Waals surface area contributed by atoms with Crippen LogP contribution in [0.5, 0.6) is 0 Å². The standard InChI is InChI=1S/C16H20N4O4/c1-10-6-11(2)20(16(22)17-10)8-15(21)19-5-4-13-12(7-19)18-14(24-13)9-23-3/h6H,4-5,7-9H2,1-3H3. The Morgan fingerprint density at radius 3 is 2.88 bits per heavy atom. The summed E-state index contributed by atoms with van der Waals surface area (Å²) in [6, 6.07) is 1.79. The predicted molar refractivity (Wildman–Crippen MR) is 84.3 cm³/mol. The molecule has 24 heavy (non-hydrogen) atoms. The van der Waals surface area contributed by atoms with E-state index in [0.29, 0.717) is 37.7 Å². The highest BCUT2D eigenvalue weighted by molar-refractivity contribution is 5.76. The number of oxazole rings is 1. The number of carbonyl (C=O) groups is 1. The largest absolute Gasteiger partial charge is 0.443 e. The number of carbonyl (C=O) groups excluding carboxylic acids is 1. The maximum absolute atomic E-state index is 12.6. The molecule has 2 aromatic rings. The number of rotatable bonds is 4. The fourth-order valence-corrected chi connectivity index (χ4v) is 2.85. The van der Waals surface area contributed by atoms with E-state index in [0.717, 1.165) is 17.1 Å². The van der Waals surface area contributed by atoms with Gasteiger partial charge in [-0.1, -0.05) is 0 Å². The fraction of sp³-hybridized carbons (Fsp3) is 0.500. The zero-order valence-electron chi connectivity index (χ0n) is 14.0. The maximum Gasteiger partial charge on any atom is 0.348 e. The van der Waals surface area contributed by atoms with E-state index in [9.17, 15) is 9.59 Å². The average Bonchev–Trinajstić information content (AvgIpc) is 2.92. The normalized spacial score (nSPS) is 13.9. The quantitative estimate of drug-likeness (QED) is 0.813. The highest BCUT2D eigenvalue weighted by atomic mass is 16.5. The molecule has 0 saturated heterocycles. The van der Waals surface area contributed by atoms with Crippen LogP contribution in [0, 0.1) is 13.8 Å². The summed E-state index contributed by atoms with van der Waals surface area (Å²) in [7, 11) is 1.58. The van der Waals surface area contributed by atoms with Crippen LogP contribution in [-0.2, 0) is 35.6 Å². The van der Waals surface area contributed by atoms with Crippen molar-refractivity contribution in [1.82, 2.24) is 19.4 Å². The maximum atomic E-state index is 12.6. The first-order chi connectivity index (χ1) is 11.5. The molecule has 0 saturated carbocycles. The molecule has 0 radical (unpaired) electrons. The zero-order chi connectivity index (χ0) is 17.3. The van der Waals surface area contributed by atoms with Gasteiger partial charge in [-0.15, -0.1) is 0 Å². The van der Waals surface area contributed by atoms with Crippen LogP contribution in [0.15, 0.2) is 15.3 Å². The Hall–Kier alpha value is -2.48. The molecule has 0 atom stereocenters. The van der Waals surface area contributed by atoms with Gasteiger partial charge >= 0.3 is 5.69 Å². The van der Waals surface area contributed by atoms with E-state index in [1.165, 1.54) is 4.57 Å². The van der Waals surface area contributed by atoms with Crippen molar-refractivity contribution in [3.63, 3.8) is 0 Å². The lowest BCUT2D eigenvalue weighted by molar-refractivity contribution is -0.133. The summed E-state index contributed by atoms with van der Waals surface area (Å²) >= 11 is 0. The van der Waals surface area contributed by atoms with Crippen LogP contribution in [0.1, 0.15) is 28.7 Å². The summed E-state index contributed by atoms with van der Waals surface area (Å²) in [4.78, 5) is 34.5. The number of aryl methyl sites for hydroxylation is 2. The minimum absolute atomic E-state index is 0.0178. The van der Waals surface area contributed by atoms with Crippen molar-refractivity contribution in [3.8, 4) is 0 Å². The highest BCUT2D eigenvalue weighted by Gasteiger charge is 2.26. The van der Waals surface area contributed by atoms with Gasteiger partial charge in [0.2, 0.25) is 11.8 Å². The van der Waals surface area contributed by atoms with Crippen molar-refractivity contribution in [2.24, 2.45) is 0 Å². The van der Waals surface area contributed by atoms with Crippen LogP contribution < -0.4 is 5.69 Å². The first kappa shape index (κ1) is 16.4. The van der Waals surface area contributed by atoms with E-state index in [1.54, 1.807) is 31.9 Å². The van der Waals surface area contributed by atoms with Gasteiger partial charge in [-0.25, -0.2) is 9.78 Å². The molecule has 1 amide bonds. The van der Waals surface area contributed by atoms with Crippen molar-refractivity contribution in [2.75, 3.05) is 13.7 Å². The second kappa shape index (κ2) is 6.56. The Morgan fingerprint density at radius 1 is 1.38 bits per heavy atom. The van der Waals surface area contributed by atoms with E-state index in [4.69, 9.17) is 9.15 Å². The topological polar surface area (TPSA) is 90.5 Å². The molecule has 3 heterocycles. The van der Waals surface area contributed by atoms with Gasteiger partial charge in [-0.2, -0.15) is 4.98 Å².